The van der Waals surface area contributed by atoms with E-state index in [4.69, 9.17) is 88.9 Å². The summed E-state index contributed by atoms with van der Waals surface area (Å²) >= 11 is 23.8. The minimum atomic E-state index is -3.87. The van der Waals surface area contributed by atoms with Crippen LogP contribution in [0.2, 0.25) is 20.1 Å². The van der Waals surface area contributed by atoms with E-state index in [-0.39, 0.29) is 224 Å². The number of ether oxygens (including phenoxy) is 8. The molecule has 3 atom stereocenters. The topological polar surface area (TPSA) is 439 Å². The lowest BCUT2D eigenvalue weighted by molar-refractivity contribution is -0.132. The molecule has 2 aliphatic heterocycles. The van der Waals surface area contributed by atoms with E-state index in [1.54, 1.807) is 58.3 Å². The van der Waals surface area contributed by atoms with Crippen LogP contribution in [-0.2, 0) is 91.9 Å². The number of nitrogens with one attached hydrogen (secondary N) is 12. The number of halogens is 4. The van der Waals surface area contributed by atoms with Crippen LogP contribution in [0.3, 0.4) is 0 Å². The normalized spacial score (nSPS) is 14.4. The maximum Gasteiger partial charge on any atom is 0.314 e. The van der Waals surface area contributed by atoms with E-state index in [1.165, 1.54) is 0 Å². The molecule has 4 aromatic rings. The molecular formula is C81H128Cl4N16O20S3. The Morgan fingerprint density at radius 2 is 0.710 bits per heavy atom. The Balaban J connectivity index is 0.868. The van der Waals surface area contributed by atoms with Crippen molar-refractivity contribution >= 4 is 114 Å². The second kappa shape index (κ2) is 61.9. The van der Waals surface area contributed by atoms with E-state index in [0.29, 0.717) is 85.5 Å². The second-order valence-corrected chi connectivity index (χ2v) is 35.3. The smallest absolute Gasteiger partial charge is 0.314 e. The van der Waals surface area contributed by atoms with Crippen molar-refractivity contribution in [3.63, 3.8) is 0 Å². The van der Waals surface area contributed by atoms with Crippen molar-refractivity contribution in [1.29, 1.82) is 0 Å². The van der Waals surface area contributed by atoms with Gasteiger partial charge in [-0.15, -0.1) is 0 Å². The van der Waals surface area contributed by atoms with Gasteiger partial charge in [0.05, 0.1) is 116 Å². The molecule has 0 fully saturated rings. The van der Waals surface area contributed by atoms with Crippen molar-refractivity contribution in [2.45, 2.75) is 98.9 Å². The number of nitrogens with zero attached hydrogens (tertiary/aromatic N) is 4. The molecular weight excluding hydrogens is 1750 g/mol. The summed E-state index contributed by atoms with van der Waals surface area (Å²) in [7, 11) is -1.94. The highest BCUT2D eigenvalue weighted by Crippen LogP contribution is 2.41. The number of rotatable bonds is 66. The molecule has 0 saturated carbocycles. The summed E-state index contributed by atoms with van der Waals surface area (Å²) in [5, 5.41) is 27.2. The van der Waals surface area contributed by atoms with E-state index in [9.17, 15) is 49.8 Å². The van der Waals surface area contributed by atoms with Crippen LogP contribution < -0.4 is 62.0 Å². The fourth-order valence-electron chi connectivity index (χ4n) is 13.5. The van der Waals surface area contributed by atoms with Crippen LogP contribution in [0.5, 0.6) is 0 Å². The van der Waals surface area contributed by atoms with Crippen LogP contribution in [0.15, 0.2) is 82.6 Å². The summed E-state index contributed by atoms with van der Waals surface area (Å²) in [6.07, 6.45) is 6.97. The Labute approximate surface area is 752 Å². The number of likely N-dealkylation sites (N-methyl/N-ethyl adjacent to an activating group) is 3. The number of carbonyl (C=O) groups excluding carboxylic acids is 6. The zero-order chi connectivity index (χ0) is 89.6. The van der Waals surface area contributed by atoms with Gasteiger partial charge < -0.3 is 105 Å². The summed E-state index contributed by atoms with van der Waals surface area (Å²) in [5.41, 5.74) is 5.50. The molecule has 0 radical (unpaired) electrons. The SMILES string of the molecule is CNCCOCCOCCNC(=O)NCCN(CCNC(=O)NCCOCCOCCNS(=O)O)C(=O)CCCCCCCCCCC(=O)N(CCNC(=O)NCCOCCOCCNS(=O)(=O)c1cccc([C@@H]2CN(C)Cc3c(Cl)cc(Cl)cc32)c1)CCNC(=O)NCCOCCOCCNS(=O)(=O)c1cccc([C@@H]2CN(C)Cc3c(Cl)cc(Cl)cc32)c1. The van der Waals surface area contributed by atoms with Crippen LogP contribution in [-0.4, -0.2) is 326 Å². The number of urea groups is 4. The maximum atomic E-state index is 13.8. The van der Waals surface area contributed by atoms with Crippen molar-refractivity contribution in [3.8, 4) is 0 Å². The Hall–Kier alpha value is -6.49. The van der Waals surface area contributed by atoms with Gasteiger partial charge in [-0.3, -0.25) is 14.1 Å². The summed E-state index contributed by atoms with van der Waals surface area (Å²) in [6, 6.07) is 19.1. The first-order valence-corrected chi connectivity index (χ1v) is 47.7. The van der Waals surface area contributed by atoms with Crippen molar-refractivity contribution in [3.05, 3.63) is 126 Å². The van der Waals surface area contributed by atoms with Crippen LogP contribution in [0.4, 0.5) is 19.2 Å². The molecule has 0 saturated heterocycles. The lowest BCUT2D eigenvalue weighted by Gasteiger charge is -2.33. The number of amides is 10. The van der Waals surface area contributed by atoms with E-state index >= 15 is 0 Å². The molecule has 6 rings (SSSR count). The highest BCUT2D eigenvalue weighted by Gasteiger charge is 2.31. The summed E-state index contributed by atoms with van der Waals surface area (Å²) in [6.45, 7) is 9.58. The number of unbranched alkanes of at least 4 members (excludes halogenated alkanes) is 7. The van der Waals surface area contributed by atoms with Gasteiger partial charge in [-0.05, 0) is 116 Å². The molecule has 13 N–H and O–H groups in total. The predicted molar refractivity (Wildman–Crippen MR) is 477 cm³/mol. The molecule has 0 bridgehead atoms. The van der Waals surface area contributed by atoms with Crippen LogP contribution in [0.1, 0.15) is 109 Å². The Morgan fingerprint density at radius 3 is 1.03 bits per heavy atom. The number of benzene rings is 4. The van der Waals surface area contributed by atoms with Gasteiger partial charge in [0.25, 0.3) is 0 Å². The van der Waals surface area contributed by atoms with E-state index in [1.807, 2.05) is 45.4 Å². The lowest BCUT2D eigenvalue weighted by atomic mass is 9.85. The van der Waals surface area contributed by atoms with Crippen molar-refractivity contribution < 1.29 is 92.3 Å². The first-order chi connectivity index (χ1) is 59.8. The Morgan fingerprint density at radius 1 is 0.411 bits per heavy atom. The monoisotopic (exact) mass is 1880 g/mol. The highest BCUT2D eigenvalue weighted by atomic mass is 35.5. The molecule has 0 aromatic heterocycles. The maximum absolute atomic E-state index is 13.8. The average molecular weight is 1880 g/mol. The molecule has 124 heavy (non-hydrogen) atoms. The van der Waals surface area contributed by atoms with Gasteiger partial charge in [0.2, 0.25) is 43.1 Å². The van der Waals surface area contributed by atoms with Gasteiger partial charge in [0.1, 0.15) is 0 Å². The van der Waals surface area contributed by atoms with E-state index < -0.39 is 55.4 Å². The van der Waals surface area contributed by atoms with Gasteiger partial charge in [-0.25, -0.2) is 54.4 Å². The van der Waals surface area contributed by atoms with Gasteiger partial charge in [0.15, 0.2) is 0 Å². The molecule has 36 nitrogen and oxygen atoms in total. The molecule has 43 heteroatoms. The number of fused-ring (bicyclic) bond motifs is 2. The predicted octanol–water partition coefficient (Wildman–Crippen LogP) is 5.55. The number of hydrogen-bond acceptors (Lipinski definition) is 22. The Kier molecular flexibility index (Phi) is 53.0. The molecule has 0 aliphatic carbocycles. The van der Waals surface area contributed by atoms with Crippen molar-refractivity contribution in [1.82, 2.24) is 81.6 Å². The van der Waals surface area contributed by atoms with Crippen molar-refractivity contribution in [2.24, 2.45) is 0 Å². The largest absolute Gasteiger partial charge is 0.378 e. The molecule has 1 unspecified atom stereocenters. The van der Waals surface area contributed by atoms with E-state index in [0.717, 1.165) is 78.5 Å². The first-order valence-electron chi connectivity index (χ1n) is 42.1. The summed E-state index contributed by atoms with van der Waals surface area (Å²) in [5.74, 6) is -0.544. The molecule has 10 amide bonds. The van der Waals surface area contributed by atoms with Crippen molar-refractivity contribution in [2.75, 3.05) is 245 Å². The average Bonchev–Trinajstić information content (AvgIpc) is 0.776. The third kappa shape index (κ3) is 43.5. The third-order valence-corrected chi connectivity index (χ3v) is 24.2. The Bertz CT molecular complexity index is 3930. The quantitative estimate of drug-likeness (QED) is 0.0190. The standard InChI is InChI=1S/C81H128Cl4N16O20S3/c1-86-24-36-114-44-45-115-37-25-91-78(104)87-20-32-100(33-21-88-79(105)92-26-38-116-46-49-119-41-29-95-122(108)109)76(102)18-10-8-6-4-5-7-9-11-19-77(103)101(34-22-89-80(106)93-27-39-117-47-50-120-42-30-96-123(110,111)66-16-12-14-62(52-66)70-58-98(2)60-72-68(70)54-64(82)56-74(72)84)35-23-90-81(107)94-28-40-118-48-51-121-43-31-97-124(112,113)67-17-13-15-63(53-67)71-59-99(3)61-73-69(71)55-65(83)57-75(73)85/h12-17,52-57,70-71,86,95-97H,4-11,18-51,58-61H2,1-3H3,(H,108,109)(H2,87,91,104)(H2,88,92,105)(H2,89,93,106)(H2,90,94,107)/t70-,71-/m0/s1. The van der Waals surface area contributed by atoms with Gasteiger partial charge in [0, 0.05) is 176 Å². The summed E-state index contributed by atoms with van der Waals surface area (Å²) in [4.78, 5) is 85.9. The number of sulfonamides is 2. The zero-order valence-corrected chi connectivity index (χ0v) is 76.8. The van der Waals surface area contributed by atoms with Crippen LogP contribution in [0.25, 0.3) is 0 Å². The third-order valence-electron chi connectivity index (χ3n) is 19.7. The van der Waals surface area contributed by atoms with Gasteiger partial charge in [-0.1, -0.05) is 109 Å². The molecule has 698 valence electrons. The second-order valence-electron chi connectivity index (χ2n) is 29.3. The molecule has 2 aliphatic rings. The summed E-state index contributed by atoms with van der Waals surface area (Å²) < 4.78 is 125. The molecule has 4 aromatic carbocycles. The minimum absolute atomic E-state index is 0.0219. The molecule has 2 heterocycles. The minimum Gasteiger partial charge on any atom is -0.378 e. The van der Waals surface area contributed by atoms with Crippen LogP contribution in [0, 0.1) is 0 Å². The van der Waals surface area contributed by atoms with E-state index in [2.05, 4.69) is 71.8 Å². The zero-order valence-electron chi connectivity index (χ0n) is 71.3. The lowest BCUT2D eigenvalue weighted by Crippen LogP contribution is -2.46. The van der Waals surface area contributed by atoms with Crippen LogP contribution >= 0.6 is 46.4 Å². The van der Waals surface area contributed by atoms with Gasteiger partial charge in [-0.2, -0.15) is 0 Å². The fraction of sp³-hybridized carbons (Fsp3) is 0.630. The van der Waals surface area contributed by atoms with Gasteiger partial charge >= 0.3 is 24.1 Å². The first kappa shape index (κ1) is 106. The molecule has 0 spiro atoms. The highest BCUT2D eigenvalue weighted by molar-refractivity contribution is 7.89. The number of hydrogen-bond donors (Lipinski definition) is 13. The number of carbonyl (C=O) groups is 6. The fourth-order valence-corrected chi connectivity index (χ4v) is 17.0.